The Kier molecular flexibility index (Phi) is 4.22. The van der Waals surface area contributed by atoms with E-state index >= 15 is 0 Å². The van der Waals surface area contributed by atoms with E-state index in [1.807, 2.05) is 6.92 Å². The Morgan fingerprint density at radius 3 is 3.00 bits per heavy atom. The SMILES string of the molecule is CCOc1nccn2c(CNS(=O)(=O)c3cccc4nsnc34)nnc12. The van der Waals surface area contributed by atoms with Crippen LogP contribution in [0.1, 0.15) is 12.7 Å². The summed E-state index contributed by atoms with van der Waals surface area (Å²) in [7, 11) is -3.80. The Bertz CT molecular complexity index is 1190. The molecule has 26 heavy (non-hydrogen) atoms. The maximum atomic E-state index is 12.7. The first-order valence-electron chi connectivity index (χ1n) is 7.62. The van der Waals surface area contributed by atoms with Crippen LogP contribution in [0.2, 0.25) is 0 Å². The van der Waals surface area contributed by atoms with Gasteiger partial charge in [0.15, 0.2) is 5.82 Å². The molecule has 3 heterocycles. The van der Waals surface area contributed by atoms with Gasteiger partial charge in [-0.2, -0.15) is 8.75 Å². The minimum atomic E-state index is -3.80. The average molecular weight is 391 g/mol. The molecule has 0 aliphatic carbocycles. The predicted octanol–water partition coefficient (Wildman–Crippen LogP) is 1.01. The summed E-state index contributed by atoms with van der Waals surface area (Å²) in [6, 6.07) is 4.84. The Morgan fingerprint density at radius 1 is 1.27 bits per heavy atom. The third kappa shape index (κ3) is 2.87. The van der Waals surface area contributed by atoms with E-state index < -0.39 is 10.0 Å². The van der Waals surface area contributed by atoms with E-state index in [0.29, 0.717) is 35.0 Å². The summed E-state index contributed by atoms with van der Waals surface area (Å²) in [4.78, 5) is 4.17. The second-order valence-electron chi connectivity index (χ2n) is 5.19. The normalized spacial score (nSPS) is 12.0. The summed E-state index contributed by atoms with van der Waals surface area (Å²) >= 11 is 0.968. The zero-order chi connectivity index (χ0) is 18.1. The van der Waals surface area contributed by atoms with Crippen LogP contribution in [0.4, 0.5) is 0 Å². The maximum Gasteiger partial charge on any atom is 0.260 e. The Morgan fingerprint density at radius 2 is 2.15 bits per heavy atom. The molecule has 134 valence electrons. The van der Waals surface area contributed by atoms with Gasteiger partial charge in [-0.1, -0.05) is 6.07 Å². The fourth-order valence-corrected chi connectivity index (χ4v) is 4.19. The van der Waals surface area contributed by atoms with E-state index in [9.17, 15) is 8.42 Å². The van der Waals surface area contributed by atoms with Crippen LogP contribution in [-0.4, -0.2) is 43.4 Å². The van der Waals surface area contributed by atoms with Crippen molar-refractivity contribution in [3.63, 3.8) is 0 Å². The van der Waals surface area contributed by atoms with Crippen LogP contribution in [0.5, 0.6) is 5.88 Å². The molecule has 0 saturated heterocycles. The van der Waals surface area contributed by atoms with Gasteiger partial charge in [0.2, 0.25) is 15.7 Å². The van der Waals surface area contributed by atoms with E-state index in [0.717, 1.165) is 11.7 Å². The average Bonchev–Trinajstić information content (AvgIpc) is 3.27. The molecule has 0 fully saturated rings. The zero-order valence-electron chi connectivity index (χ0n) is 13.5. The molecule has 12 heteroatoms. The first kappa shape index (κ1) is 16.8. The monoisotopic (exact) mass is 391 g/mol. The summed E-state index contributed by atoms with van der Waals surface area (Å²) in [6.45, 7) is 2.23. The van der Waals surface area contributed by atoms with Gasteiger partial charge in [0.05, 0.1) is 24.9 Å². The Balaban J connectivity index is 1.64. The molecule has 0 bridgehead atoms. The number of nitrogens with one attached hydrogen (secondary N) is 1. The van der Waals surface area contributed by atoms with Gasteiger partial charge in [-0.25, -0.2) is 18.1 Å². The van der Waals surface area contributed by atoms with E-state index in [-0.39, 0.29) is 11.4 Å². The number of rotatable bonds is 6. The molecule has 0 atom stereocenters. The van der Waals surface area contributed by atoms with Crippen molar-refractivity contribution in [2.45, 2.75) is 18.4 Å². The van der Waals surface area contributed by atoms with Crippen molar-refractivity contribution in [1.29, 1.82) is 0 Å². The number of fused-ring (bicyclic) bond motifs is 2. The molecule has 1 N–H and O–H groups in total. The van der Waals surface area contributed by atoms with Crippen molar-refractivity contribution in [2.24, 2.45) is 0 Å². The topological polar surface area (TPSA) is 124 Å². The molecule has 0 radical (unpaired) electrons. The third-order valence-corrected chi connectivity index (χ3v) is 5.58. The van der Waals surface area contributed by atoms with E-state index in [1.165, 1.54) is 6.07 Å². The number of hydrogen-bond acceptors (Lipinski definition) is 9. The van der Waals surface area contributed by atoms with E-state index in [4.69, 9.17) is 4.74 Å². The van der Waals surface area contributed by atoms with Gasteiger partial charge in [-0.05, 0) is 19.1 Å². The minimum Gasteiger partial charge on any atom is -0.475 e. The van der Waals surface area contributed by atoms with Crippen LogP contribution in [0.15, 0.2) is 35.5 Å². The molecule has 1 aromatic carbocycles. The summed E-state index contributed by atoms with van der Waals surface area (Å²) in [5, 5.41) is 8.05. The summed E-state index contributed by atoms with van der Waals surface area (Å²) in [5.41, 5.74) is 1.31. The van der Waals surface area contributed by atoms with Crippen molar-refractivity contribution in [2.75, 3.05) is 6.61 Å². The van der Waals surface area contributed by atoms with Gasteiger partial charge in [0.25, 0.3) is 5.88 Å². The number of hydrogen-bond donors (Lipinski definition) is 1. The highest BCUT2D eigenvalue weighted by Gasteiger charge is 2.20. The fourth-order valence-electron chi connectivity index (χ4n) is 2.45. The number of aromatic nitrogens is 6. The first-order valence-corrected chi connectivity index (χ1v) is 9.84. The van der Waals surface area contributed by atoms with Gasteiger partial charge in [-0.15, -0.1) is 10.2 Å². The number of nitrogens with zero attached hydrogens (tertiary/aromatic N) is 6. The summed E-state index contributed by atoms with van der Waals surface area (Å²) in [6.07, 6.45) is 3.19. The van der Waals surface area contributed by atoms with Gasteiger partial charge >= 0.3 is 0 Å². The van der Waals surface area contributed by atoms with Crippen LogP contribution in [-0.2, 0) is 16.6 Å². The van der Waals surface area contributed by atoms with Crippen molar-refractivity contribution >= 4 is 38.4 Å². The lowest BCUT2D eigenvalue weighted by Crippen LogP contribution is -2.24. The van der Waals surface area contributed by atoms with Crippen LogP contribution in [0.25, 0.3) is 16.7 Å². The molecule has 10 nitrogen and oxygen atoms in total. The highest BCUT2D eigenvalue weighted by atomic mass is 32.2. The predicted molar refractivity (Wildman–Crippen MR) is 93.4 cm³/mol. The molecule has 4 rings (SSSR count). The number of benzene rings is 1. The van der Waals surface area contributed by atoms with E-state index in [1.54, 1.807) is 28.9 Å². The molecule has 0 amide bonds. The van der Waals surface area contributed by atoms with Crippen LogP contribution >= 0.6 is 11.7 Å². The summed E-state index contributed by atoms with van der Waals surface area (Å²) in [5.74, 6) is 0.755. The van der Waals surface area contributed by atoms with E-state index in [2.05, 4.69) is 28.7 Å². The lowest BCUT2D eigenvalue weighted by Gasteiger charge is -2.07. The molecule has 0 spiro atoms. The Labute approximate surface area is 152 Å². The second kappa shape index (κ2) is 6.55. The van der Waals surface area contributed by atoms with Crippen LogP contribution in [0, 0.1) is 0 Å². The highest BCUT2D eigenvalue weighted by molar-refractivity contribution is 7.89. The van der Waals surface area contributed by atoms with Gasteiger partial charge in [-0.3, -0.25) is 4.40 Å². The molecule has 3 aromatic heterocycles. The van der Waals surface area contributed by atoms with Crippen molar-refractivity contribution < 1.29 is 13.2 Å². The van der Waals surface area contributed by atoms with Crippen molar-refractivity contribution in [1.82, 2.24) is 33.1 Å². The molecular weight excluding hydrogens is 378 g/mol. The standard InChI is InChI=1S/C14H13N7O3S2/c1-2-24-14-13-18-17-11(21(13)7-6-15-14)8-16-26(22,23)10-5-3-4-9-12(10)20-25-19-9/h3-7,16H,2,8H2,1H3. The maximum absolute atomic E-state index is 12.7. The largest absolute Gasteiger partial charge is 0.475 e. The number of ether oxygens (including phenoxy) is 1. The first-order chi connectivity index (χ1) is 12.6. The quantitative estimate of drug-likeness (QED) is 0.516. The van der Waals surface area contributed by atoms with Crippen molar-refractivity contribution in [3.8, 4) is 5.88 Å². The molecule has 0 aliphatic heterocycles. The third-order valence-electron chi connectivity index (χ3n) is 3.61. The fraction of sp³-hybridized carbons (Fsp3) is 0.214. The van der Waals surface area contributed by atoms with Crippen LogP contribution < -0.4 is 9.46 Å². The van der Waals surface area contributed by atoms with Gasteiger partial charge in [0, 0.05) is 12.4 Å². The highest BCUT2D eigenvalue weighted by Crippen LogP contribution is 2.21. The molecule has 4 aromatic rings. The molecular formula is C14H13N7O3S2. The minimum absolute atomic E-state index is 0.0486. The van der Waals surface area contributed by atoms with Gasteiger partial charge < -0.3 is 4.74 Å². The van der Waals surface area contributed by atoms with Crippen LogP contribution in [0.3, 0.4) is 0 Å². The number of sulfonamides is 1. The zero-order valence-corrected chi connectivity index (χ0v) is 15.2. The lowest BCUT2D eigenvalue weighted by atomic mass is 10.3. The van der Waals surface area contributed by atoms with Gasteiger partial charge in [0.1, 0.15) is 15.9 Å². The second-order valence-corrected chi connectivity index (χ2v) is 7.45. The molecule has 0 aliphatic rings. The molecule has 0 saturated carbocycles. The van der Waals surface area contributed by atoms with Crippen molar-refractivity contribution in [3.05, 3.63) is 36.4 Å². The molecule has 0 unspecified atom stereocenters. The smallest absolute Gasteiger partial charge is 0.260 e. The lowest BCUT2D eigenvalue weighted by molar-refractivity contribution is 0.328. The summed E-state index contributed by atoms with van der Waals surface area (Å²) < 4.78 is 43.0. The Hall–Kier alpha value is -2.70.